The normalized spacial score (nSPS) is 25.4. The largest absolute Gasteiger partial charge is 0.497 e. The number of ether oxygens (including phenoxy) is 1. The minimum atomic E-state index is -0.404. The lowest BCUT2D eigenvalue weighted by Crippen LogP contribution is -2.44. The van der Waals surface area contributed by atoms with E-state index in [2.05, 4.69) is 12.2 Å². The topological polar surface area (TPSA) is 64.3 Å². The summed E-state index contributed by atoms with van der Waals surface area (Å²) in [7, 11) is 1.64. The van der Waals surface area contributed by atoms with E-state index < -0.39 is 5.41 Å². The Morgan fingerprint density at radius 3 is 2.62 bits per heavy atom. The van der Waals surface area contributed by atoms with Crippen LogP contribution >= 0.6 is 0 Å². The number of aryl methyl sites for hydroxylation is 1. The predicted molar refractivity (Wildman–Crippen MR) is 85.5 cm³/mol. The second kappa shape index (κ2) is 6.48. The van der Waals surface area contributed by atoms with E-state index in [-0.39, 0.29) is 5.91 Å². The molecule has 1 aliphatic carbocycles. The van der Waals surface area contributed by atoms with Crippen molar-refractivity contribution < 1.29 is 9.53 Å². The SMILES string of the molecule is COc1ccc(NC(=O)C2(CN)CCC(C)CC2)c(C)c1. The molecule has 0 aromatic heterocycles. The summed E-state index contributed by atoms with van der Waals surface area (Å²) in [6, 6.07) is 5.68. The number of amides is 1. The van der Waals surface area contributed by atoms with Crippen LogP contribution in [0.1, 0.15) is 38.2 Å². The molecule has 0 saturated heterocycles. The molecule has 4 heteroatoms. The highest BCUT2D eigenvalue weighted by Crippen LogP contribution is 2.39. The van der Waals surface area contributed by atoms with E-state index in [0.717, 1.165) is 42.7 Å². The summed E-state index contributed by atoms with van der Waals surface area (Å²) in [5, 5.41) is 3.06. The lowest BCUT2D eigenvalue weighted by molar-refractivity contribution is -0.127. The molecule has 0 bridgehead atoms. The molecule has 0 aliphatic heterocycles. The third kappa shape index (κ3) is 3.38. The zero-order chi connectivity index (χ0) is 15.5. The molecule has 21 heavy (non-hydrogen) atoms. The number of methoxy groups -OCH3 is 1. The van der Waals surface area contributed by atoms with E-state index in [1.165, 1.54) is 0 Å². The van der Waals surface area contributed by atoms with Crippen molar-refractivity contribution in [1.29, 1.82) is 0 Å². The lowest BCUT2D eigenvalue weighted by Gasteiger charge is -2.37. The van der Waals surface area contributed by atoms with Gasteiger partial charge in [0.05, 0.1) is 12.5 Å². The first kappa shape index (κ1) is 15.8. The van der Waals surface area contributed by atoms with Crippen molar-refractivity contribution in [1.82, 2.24) is 0 Å². The zero-order valence-corrected chi connectivity index (χ0v) is 13.2. The van der Waals surface area contributed by atoms with Crippen LogP contribution in [-0.2, 0) is 4.79 Å². The monoisotopic (exact) mass is 290 g/mol. The van der Waals surface area contributed by atoms with Gasteiger partial charge < -0.3 is 15.8 Å². The highest BCUT2D eigenvalue weighted by molar-refractivity contribution is 5.96. The molecular weight excluding hydrogens is 264 g/mol. The maximum atomic E-state index is 12.7. The number of hydrogen-bond acceptors (Lipinski definition) is 3. The molecule has 0 spiro atoms. The van der Waals surface area contributed by atoms with E-state index >= 15 is 0 Å². The van der Waals surface area contributed by atoms with Crippen LogP contribution in [0, 0.1) is 18.3 Å². The second-order valence-corrected chi connectivity index (χ2v) is 6.30. The van der Waals surface area contributed by atoms with Gasteiger partial charge in [0.2, 0.25) is 5.91 Å². The molecule has 1 fully saturated rings. The fraction of sp³-hybridized carbons (Fsp3) is 0.588. The number of nitrogens with one attached hydrogen (secondary N) is 1. The van der Waals surface area contributed by atoms with Crippen LogP contribution < -0.4 is 15.8 Å². The minimum absolute atomic E-state index is 0.0603. The standard InChI is InChI=1S/C17H26N2O2/c1-12-6-8-17(11-18,9-7-12)16(20)19-15-5-4-14(21-3)10-13(15)2/h4-5,10,12H,6-9,11,18H2,1-3H3,(H,19,20). The highest BCUT2D eigenvalue weighted by Gasteiger charge is 2.39. The quantitative estimate of drug-likeness (QED) is 0.895. The number of benzene rings is 1. The van der Waals surface area contributed by atoms with E-state index in [0.29, 0.717) is 12.5 Å². The Kier molecular flexibility index (Phi) is 4.88. The van der Waals surface area contributed by atoms with Crippen LogP contribution in [0.3, 0.4) is 0 Å². The third-order valence-corrected chi connectivity index (χ3v) is 4.79. The maximum Gasteiger partial charge on any atom is 0.231 e. The Morgan fingerprint density at radius 2 is 2.10 bits per heavy atom. The summed E-state index contributed by atoms with van der Waals surface area (Å²) in [6.45, 7) is 4.63. The summed E-state index contributed by atoms with van der Waals surface area (Å²) < 4.78 is 5.19. The second-order valence-electron chi connectivity index (χ2n) is 6.30. The Bertz CT molecular complexity index is 506. The van der Waals surface area contributed by atoms with Gasteiger partial charge in [0.15, 0.2) is 0 Å². The molecule has 1 aliphatic rings. The molecule has 116 valence electrons. The van der Waals surface area contributed by atoms with Gasteiger partial charge in [0.25, 0.3) is 0 Å². The Balaban J connectivity index is 2.13. The lowest BCUT2D eigenvalue weighted by atomic mass is 9.70. The molecule has 1 saturated carbocycles. The van der Waals surface area contributed by atoms with Gasteiger partial charge in [-0.15, -0.1) is 0 Å². The Morgan fingerprint density at radius 1 is 1.43 bits per heavy atom. The van der Waals surface area contributed by atoms with Crippen molar-refractivity contribution in [3.05, 3.63) is 23.8 Å². The van der Waals surface area contributed by atoms with Gasteiger partial charge in [-0.1, -0.05) is 6.92 Å². The summed E-state index contributed by atoms with van der Waals surface area (Å²) in [5.74, 6) is 1.55. The average molecular weight is 290 g/mol. The van der Waals surface area contributed by atoms with E-state index in [4.69, 9.17) is 10.5 Å². The van der Waals surface area contributed by atoms with Crippen molar-refractivity contribution >= 4 is 11.6 Å². The van der Waals surface area contributed by atoms with Gasteiger partial charge in [0, 0.05) is 12.2 Å². The molecule has 1 aromatic carbocycles. The molecule has 3 N–H and O–H groups in total. The molecular formula is C17H26N2O2. The van der Waals surface area contributed by atoms with Crippen molar-refractivity contribution in [3.63, 3.8) is 0 Å². The number of nitrogens with two attached hydrogens (primary N) is 1. The number of anilines is 1. The van der Waals surface area contributed by atoms with Gasteiger partial charge in [-0.25, -0.2) is 0 Å². The van der Waals surface area contributed by atoms with Crippen molar-refractivity contribution in [2.75, 3.05) is 19.0 Å². The first-order valence-corrected chi connectivity index (χ1v) is 7.67. The highest BCUT2D eigenvalue weighted by atomic mass is 16.5. The molecule has 0 radical (unpaired) electrons. The van der Waals surface area contributed by atoms with Crippen LogP contribution in [0.4, 0.5) is 5.69 Å². The number of hydrogen-bond donors (Lipinski definition) is 2. The van der Waals surface area contributed by atoms with Crippen LogP contribution in [0.5, 0.6) is 5.75 Å². The molecule has 0 atom stereocenters. The van der Waals surface area contributed by atoms with E-state index in [1.807, 2.05) is 25.1 Å². The van der Waals surface area contributed by atoms with Crippen molar-refractivity contribution in [3.8, 4) is 5.75 Å². The van der Waals surface area contributed by atoms with Gasteiger partial charge in [-0.3, -0.25) is 4.79 Å². The third-order valence-electron chi connectivity index (χ3n) is 4.79. The number of rotatable bonds is 4. The van der Waals surface area contributed by atoms with Crippen molar-refractivity contribution in [2.24, 2.45) is 17.1 Å². The minimum Gasteiger partial charge on any atom is -0.497 e. The van der Waals surface area contributed by atoms with Gasteiger partial charge in [0.1, 0.15) is 5.75 Å². The fourth-order valence-corrected chi connectivity index (χ4v) is 3.00. The molecule has 1 aromatic rings. The number of carbonyl (C=O) groups is 1. The summed E-state index contributed by atoms with van der Waals surface area (Å²) in [4.78, 5) is 12.7. The van der Waals surface area contributed by atoms with Gasteiger partial charge in [-0.05, 0) is 62.3 Å². The van der Waals surface area contributed by atoms with E-state index in [9.17, 15) is 4.79 Å². The Labute approximate surface area is 127 Å². The fourth-order valence-electron chi connectivity index (χ4n) is 3.00. The van der Waals surface area contributed by atoms with Crippen LogP contribution in [0.15, 0.2) is 18.2 Å². The zero-order valence-electron chi connectivity index (χ0n) is 13.2. The maximum absolute atomic E-state index is 12.7. The van der Waals surface area contributed by atoms with Crippen LogP contribution in [-0.4, -0.2) is 19.6 Å². The summed E-state index contributed by atoms with van der Waals surface area (Å²) >= 11 is 0. The molecule has 2 rings (SSSR count). The Hall–Kier alpha value is -1.55. The molecule has 0 unspecified atom stereocenters. The van der Waals surface area contributed by atoms with Gasteiger partial charge in [-0.2, -0.15) is 0 Å². The predicted octanol–water partition coefficient (Wildman–Crippen LogP) is 3.10. The first-order chi connectivity index (χ1) is 10.0. The summed E-state index contributed by atoms with van der Waals surface area (Å²) in [5.41, 5.74) is 7.38. The van der Waals surface area contributed by atoms with E-state index in [1.54, 1.807) is 7.11 Å². The van der Waals surface area contributed by atoms with Crippen molar-refractivity contribution in [2.45, 2.75) is 39.5 Å². The molecule has 4 nitrogen and oxygen atoms in total. The van der Waals surface area contributed by atoms with Gasteiger partial charge >= 0.3 is 0 Å². The summed E-state index contributed by atoms with van der Waals surface area (Å²) in [6.07, 6.45) is 3.91. The average Bonchev–Trinajstić information content (AvgIpc) is 2.50. The molecule has 0 heterocycles. The van der Waals surface area contributed by atoms with Crippen LogP contribution in [0.2, 0.25) is 0 Å². The number of carbonyl (C=O) groups excluding carboxylic acids is 1. The van der Waals surface area contributed by atoms with Crippen LogP contribution in [0.25, 0.3) is 0 Å². The first-order valence-electron chi connectivity index (χ1n) is 7.67. The smallest absolute Gasteiger partial charge is 0.231 e. The molecule has 1 amide bonds.